The summed E-state index contributed by atoms with van der Waals surface area (Å²) < 4.78 is 7.65. The molecule has 0 amide bonds. The number of hydrogen-bond donors (Lipinski definition) is 1. The molecular formula is C17H25N3O. The Morgan fingerprint density at radius 1 is 1.14 bits per heavy atom. The summed E-state index contributed by atoms with van der Waals surface area (Å²) in [7, 11) is 0. The van der Waals surface area contributed by atoms with Gasteiger partial charge < -0.3 is 10.1 Å². The Hall–Kier alpha value is -1.97. The molecule has 1 aromatic heterocycles. The van der Waals surface area contributed by atoms with Crippen LogP contribution < -0.4 is 10.1 Å². The van der Waals surface area contributed by atoms with Crippen LogP contribution >= 0.6 is 0 Å². The van der Waals surface area contributed by atoms with Gasteiger partial charge in [-0.05, 0) is 57.5 Å². The van der Waals surface area contributed by atoms with Gasteiger partial charge >= 0.3 is 0 Å². The molecule has 4 nitrogen and oxygen atoms in total. The van der Waals surface area contributed by atoms with E-state index in [4.69, 9.17) is 4.74 Å². The summed E-state index contributed by atoms with van der Waals surface area (Å²) in [5, 5.41) is 7.96. The highest BCUT2D eigenvalue weighted by Gasteiger charge is 2.04. The number of anilines is 1. The van der Waals surface area contributed by atoms with E-state index in [0.717, 1.165) is 30.1 Å². The third-order valence-corrected chi connectivity index (χ3v) is 3.41. The monoisotopic (exact) mass is 287 g/mol. The third-order valence-electron chi connectivity index (χ3n) is 3.41. The van der Waals surface area contributed by atoms with Crippen LogP contribution in [0.1, 0.15) is 45.9 Å². The summed E-state index contributed by atoms with van der Waals surface area (Å²) >= 11 is 0. The van der Waals surface area contributed by atoms with Crippen molar-refractivity contribution < 1.29 is 4.74 Å². The van der Waals surface area contributed by atoms with Crippen molar-refractivity contribution in [2.75, 3.05) is 5.32 Å². The second-order valence-corrected chi connectivity index (χ2v) is 5.59. The van der Waals surface area contributed by atoms with Gasteiger partial charge in [0.1, 0.15) is 5.75 Å². The van der Waals surface area contributed by atoms with Gasteiger partial charge in [-0.1, -0.05) is 6.92 Å². The quantitative estimate of drug-likeness (QED) is 0.827. The average molecular weight is 287 g/mol. The molecule has 0 bridgehead atoms. The minimum atomic E-state index is 0.202. The molecule has 1 aromatic carbocycles. The van der Waals surface area contributed by atoms with Crippen molar-refractivity contribution in [2.24, 2.45) is 0 Å². The summed E-state index contributed by atoms with van der Waals surface area (Å²) in [6.07, 6.45) is 3.34. The molecule has 1 heterocycles. The minimum absolute atomic E-state index is 0.202. The normalized spacial score (nSPS) is 12.4. The smallest absolute Gasteiger partial charge is 0.119 e. The maximum atomic E-state index is 5.63. The predicted octanol–water partition coefficient (Wildman–Crippen LogP) is 4.25. The molecule has 114 valence electrons. The lowest BCUT2D eigenvalue weighted by molar-refractivity contribution is 0.242. The largest absolute Gasteiger partial charge is 0.491 e. The Morgan fingerprint density at radius 3 is 2.48 bits per heavy atom. The van der Waals surface area contributed by atoms with E-state index in [-0.39, 0.29) is 6.10 Å². The van der Waals surface area contributed by atoms with Crippen LogP contribution in [-0.4, -0.2) is 15.9 Å². The molecule has 0 aliphatic rings. The van der Waals surface area contributed by atoms with Crippen molar-refractivity contribution in [1.82, 2.24) is 9.78 Å². The Morgan fingerprint density at radius 2 is 1.86 bits per heavy atom. The predicted molar refractivity (Wildman–Crippen MR) is 86.8 cm³/mol. The van der Waals surface area contributed by atoms with Gasteiger partial charge in [0.2, 0.25) is 0 Å². The van der Waals surface area contributed by atoms with E-state index in [9.17, 15) is 0 Å². The molecule has 0 spiro atoms. The highest BCUT2D eigenvalue weighted by Crippen LogP contribution is 2.17. The Labute approximate surface area is 127 Å². The molecule has 0 saturated heterocycles. The second kappa shape index (κ2) is 7.16. The number of hydrogen-bond acceptors (Lipinski definition) is 3. The van der Waals surface area contributed by atoms with E-state index in [0.29, 0.717) is 6.04 Å². The molecule has 1 unspecified atom stereocenters. The maximum Gasteiger partial charge on any atom is 0.119 e. The number of nitrogens with zero attached hydrogens (tertiary/aromatic N) is 2. The van der Waals surface area contributed by atoms with E-state index >= 15 is 0 Å². The van der Waals surface area contributed by atoms with E-state index in [2.05, 4.69) is 30.3 Å². The zero-order valence-electron chi connectivity index (χ0n) is 13.3. The fraction of sp³-hybridized carbons (Fsp3) is 0.471. The van der Waals surface area contributed by atoms with Crippen LogP contribution in [0.3, 0.4) is 0 Å². The molecule has 21 heavy (non-hydrogen) atoms. The SMILES string of the molecule is CCC(C)n1ccc(CNc2ccc(OC(C)C)cc2)n1. The van der Waals surface area contributed by atoms with Crippen LogP contribution in [0.5, 0.6) is 5.75 Å². The molecular weight excluding hydrogens is 262 g/mol. The minimum Gasteiger partial charge on any atom is -0.491 e. The fourth-order valence-corrected chi connectivity index (χ4v) is 2.02. The van der Waals surface area contributed by atoms with Crippen LogP contribution in [0.25, 0.3) is 0 Å². The van der Waals surface area contributed by atoms with E-state index in [1.165, 1.54) is 0 Å². The van der Waals surface area contributed by atoms with Crippen molar-refractivity contribution in [3.8, 4) is 5.75 Å². The first-order chi connectivity index (χ1) is 10.1. The molecule has 1 N–H and O–H groups in total. The number of aromatic nitrogens is 2. The van der Waals surface area contributed by atoms with Gasteiger partial charge in [0, 0.05) is 17.9 Å². The molecule has 0 aliphatic heterocycles. The van der Waals surface area contributed by atoms with Crippen LogP contribution in [0.2, 0.25) is 0 Å². The first-order valence-electron chi connectivity index (χ1n) is 7.63. The summed E-state index contributed by atoms with van der Waals surface area (Å²) in [4.78, 5) is 0. The van der Waals surface area contributed by atoms with E-state index in [1.54, 1.807) is 0 Å². The molecule has 2 aromatic rings. The Balaban J connectivity index is 1.89. The standard InChI is InChI=1S/C17H25N3O/c1-5-14(4)20-11-10-16(19-20)12-18-15-6-8-17(9-7-15)21-13(2)3/h6-11,13-14,18H,5,12H2,1-4H3. The summed E-state index contributed by atoms with van der Waals surface area (Å²) in [5.74, 6) is 0.900. The zero-order chi connectivity index (χ0) is 15.2. The molecule has 0 aliphatic carbocycles. The molecule has 2 rings (SSSR count). The maximum absolute atomic E-state index is 5.63. The molecule has 0 radical (unpaired) electrons. The van der Waals surface area contributed by atoms with E-state index in [1.807, 2.05) is 49.0 Å². The zero-order valence-corrected chi connectivity index (χ0v) is 13.3. The third kappa shape index (κ3) is 4.52. The Kier molecular flexibility index (Phi) is 5.26. The van der Waals surface area contributed by atoms with Gasteiger partial charge in [-0.15, -0.1) is 0 Å². The van der Waals surface area contributed by atoms with Crippen molar-refractivity contribution in [1.29, 1.82) is 0 Å². The van der Waals surface area contributed by atoms with Gasteiger partial charge in [-0.2, -0.15) is 5.10 Å². The molecule has 4 heteroatoms. The van der Waals surface area contributed by atoms with Crippen LogP contribution in [0.4, 0.5) is 5.69 Å². The number of benzene rings is 1. The fourth-order valence-electron chi connectivity index (χ4n) is 2.02. The lowest BCUT2D eigenvalue weighted by atomic mass is 10.3. The number of rotatable bonds is 7. The van der Waals surface area contributed by atoms with Crippen molar-refractivity contribution >= 4 is 5.69 Å². The summed E-state index contributed by atoms with van der Waals surface area (Å²) in [5.41, 5.74) is 2.13. The topological polar surface area (TPSA) is 39.1 Å². The first-order valence-corrected chi connectivity index (χ1v) is 7.63. The molecule has 0 fully saturated rings. The van der Waals surface area contributed by atoms with Crippen LogP contribution in [0, 0.1) is 0 Å². The highest BCUT2D eigenvalue weighted by molar-refractivity contribution is 5.46. The summed E-state index contributed by atoms with van der Waals surface area (Å²) in [6, 6.07) is 10.5. The van der Waals surface area contributed by atoms with Gasteiger partial charge in [0.25, 0.3) is 0 Å². The lowest BCUT2D eigenvalue weighted by Gasteiger charge is -2.11. The van der Waals surface area contributed by atoms with Crippen molar-refractivity contribution in [2.45, 2.75) is 52.8 Å². The van der Waals surface area contributed by atoms with Crippen molar-refractivity contribution in [3.05, 3.63) is 42.2 Å². The van der Waals surface area contributed by atoms with Gasteiger partial charge in [0.15, 0.2) is 0 Å². The highest BCUT2D eigenvalue weighted by atomic mass is 16.5. The second-order valence-electron chi connectivity index (χ2n) is 5.59. The molecule has 0 saturated carbocycles. The van der Waals surface area contributed by atoms with Gasteiger partial charge in [-0.3, -0.25) is 4.68 Å². The van der Waals surface area contributed by atoms with Gasteiger partial charge in [-0.25, -0.2) is 0 Å². The van der Waals surface area contributed by atoms with E-state index < -0.39 is 0 Å². The average Bonchev–Trinajstić information content (AvgIpc) is 2.94. The first kappa shape index (κ1) is 15.4. The van der Waals surface area contributed by atoms with Crippen LogP contribution in [-0.2, 0) is 6.54 Å². The van der Waals surface area contributed by atoms with Crippen molar-refractivity contribution in [3.63, 3.8) is 0 Å². The Bertz CT molecular complexity index is 545. The molecule has 1 atom stereocenters. The number of ether oxygens (including phenoxy) is 1. The van der Waals surface area contributed by atoms with Crippen LogP contribution in [0.15, 0.2) is 36.5 Å². The number of nitrogens with one attached hydrogen (secondary N) is 1. The summed E-state index contributed by atoms with van der Waals surface area (Å²) in [6.45, 7) is 9.14. The lowest BCUT2D eigenvalue weighted by Crippen LogP contribution is -2.07. The van der Waals surface area contributed by atoms with Gasteiger partial charge in [0.05, 0.1) is 18.3 Å².